The third-order valence-electron chi connectivity index (χ3n) is 2.95. The lowest BCUT2D eigenvalue weighted by atomic mass is 9.92. The molecule has 1 rings (SSSR count). The second kappa shape index (κ2) is 7.63. The third-order valence-corrected chi connectivity index (χ3v) is 4.46. The van der Waals surface area contributed by atoms with Crippen LogP contribution in [0, 0.1) is 5.92 Å². The fraction of sp³-hybridized carbons (Fsp3) is 0.692. The standard InChI is InChI=1S/C13H21Cl2NS/c1-4-6-9(3)12(16-7-5-2)10-8-11(14)17-13(10)15/h8-9,12,16H,4-7H2,1-3H3. The van der Waals surface area contributed by atoms with Crippen molar-refractivity contribution < 1.29 is 0 Å². The molecule has 1 aromatic heterocycles. The molecule has 0 aliphatic rings. The number of hydrogen-bond acceptors (Lipinski definition) is 2. The number of thiophene rings is 1. The van der Waals surface area contributed by atoms with Crippen molar-refractivity contribution in [1.82, 2.24) is 5.32 Å². The molecule has 2 atom stereocenters. The van der Waals surface area contributed by atoms with E-state index in [1.54, 1.807) is 0 Å². The molecule has 0 aliphatic heterocycles. The molecule has 0 amide bonds. The number of hydrogen-bond donors (Lipinski definition) is 1. The Morgan fingerprint density at radius 3 is 2.47 bits per heavy atom. The largest absolute Gasteiger partial charge is 0.310 e. The van der Waals surface area contributed by atoms with Crippen LogP contribution in [-0.2, 0) is 0 Å². The van der Waals surface area contributed by atoms with E-state index in [4.69, 9.17) is 23.2 Å². The van der Waals surface area contributed by atoms with Gasteiger partial charge in [-0.2, -0.15) is 0 Å². The molecule has 2 unspecified atom stereocenters. The van der Waals surface area contributed by atoms with Gasteiger partial charge in [0, 0.05) is 11.6 Å². The summed E-state index contributed by atoms with van der Waals surface area (Å²) in [6, 6.07) is 2.33. The molecule has 0 aliphatic carbocycles. The predicted octanol–water partition coefficient (Wildman–Crippen LogP) is 5.53. The highest BCUT2D eigenvalue weighted by Gasteiger charge is 2.22. The molecule has 0 spiro atoms. The van der Waals surface area contributed by atoms with E-state index < -0.39 is 0 Å². The van der Waals surface area contributed by atoms with Gasteiger partial charge >= 0.3 is 0 Å². The Morgan fingerprint density at radius 1 is 1.29 bits per heavy atom. The van der Waals surface area contributed by atoms with E-state index >= 15 is 0 Å². The summed E-state index contributed by atoms with van der Waals surface area (Å²) in [5.74, 6) is 0.578. The molecule has 4 heteroatoms. The van der Waals surface area contributed by atoms with E-state index in [0.717, 1.165) is 27.2 Å². The van der Waals surface area contributed by atoms with Crippen molar-refractivity contribution in [3.8, 4) is 0 Å². The van der Waals surface area contributed by atoms with Gasteiger partial charge in [0.05, 0.1) is 8.67 Å². The summed E-state index contributed by atoms with van der Waals surface area (Å²) < 4.78 is 1.60. The molecule has 0 saturated heterocycles. The zero-order chi connectivity index (χ0) is 12.8. The summed E-state index contributed by atoms with van der Waals surface area (Å²) >= 11 is 13.7. The fourth-order valence-corrected chi connectivity index (χ4v) is 3.65. The number of nitrogens with one attached hydrogen (secondary N) is 1. The van der Waals surface area contributed by atoms with Gasteiger partial charge in [-0.3, -0.25) is 0 Å². The zero-order valence-corrected chi connectivity index (χ0v) is 13.1. The molecule has 0 fully saturated rings. The topological polar surface area (TPSA) is 12.0 Å². The molecule has 1 nitrogen and oxygen atoms in total. The van der Waals surface area contributed by atoms with Crippen LogP contribution in [0.3, 0.4) is 0 Å². The van der Waals surface area contributed by atoms with Gasteiger partial charge in [0.1, 0.15) is 0 Å². The monoisotopic (exact) mass is 293 g/mol. The minimum atomic E-state index is 0.325. The summed E-state index contributed by atoms with van der Waals surface area (Å²) in [7, 11) is 0. The Balaban J connectivity index is 2.84. The normalized spacial score (nSPS) is 14.9. The highest BCUT2D eigenvalue weighted by molar-refractivity contribution is 7.20. The average Bonchev–Trinajstić information content (AvgIpc) is 2.59. The minimum absolute atomic E-state index is 0.325. The van der Waals surface area contributed by atoms with Crippen molar-refractivity contribution in [2.24, 2.45) is 5.92 Å². The maximum atomic E-state index is 6.26. The lowest BCUT2D eigenvalue weighted by molar-refractivity contribution is 0.364. The van der Waals surface area contributed by atoms with Gasteiger partial charge in [0.2, 0.25) is 0 Å². The van der Waals surface area contributed by atoms with Crippen LogP contribution in [0.4, 0.5) is 0 Å². The first-order valence-corrected chi connectivity index (χ1v) is 7.85. The molecule has 1 aromatic rings. The van der Waals surface area contributed by atoms with Gasteiger partial charge in [-0.25, -0.2) is 0 Å². The van der Waals surface area contributed by atoms with Crippen LogP contribution in [0.5, 0.6) is 0 Å². The van der Waals surface area contributed by atoms with Crippen molar-refractivity contribution in [3.05, 3.63) is 20.3 Å². The van der Waals surface area contributed by atoms with Crippen LogP contribution in [0.15, 0.2) is 6.07 Å². The Morgan fingerprint density at radius 2 is 2.00 bits per heavy atom. The van der Waals surface area contributed by atoms with Crippen LogP contribution in [0.1, 0.15) is 51.6 Å². The van der Waals surface area contributed by atoms with Crippen LogP contribution in [0.25, 0.3) is 0 Å². The van der Waals surface area contributed by atoms with Gasteiger partial charge in [-0.1, -0.05) is 50.4 Å². The molecule has 0 saturated carbocycles. The summed E-state index contributed by atoms with van der Waals surface area (Å²) in [6.45, 7) is 7.69. The fourth-order valence-electron chi connectivity index (χ4n) is 2.10. The number of rotatable bonds is 7. The Kier molecular flexibility index (Phi) is 6.86. The van der Waals surface area contributed by atoms with Crippen LogP contribution in [-0.4, -0.2) is 6.54 Å². The van der Waals surface area contributed by atoms with Gasteiger partial charge in [0.15, 0.2) is 0 Å². The highest BCUT2D eigenvalue weighted by Crippen LogP contribution is 2.38. The minimum Gasteiger partial charge on any atom is -0.310 e. The van der Waals surface area contributed by atoms with Crippen molar-refractivity contribution in [3.63, 3.8) is 0 Å². The van der Waals surface area contributed by atoms with E-state index in [1.165, 1.54) is 24.2 Å². The molecule has 98 valence electrons. The van der Waals surface area contributed by atoms with Gasteiger partial charge < -0.3 is 5.32 Å². The van der Waals surface area contributed by atoms with E-state index in [2.05, 4.69) is 26.1 Å². The predicted molar refractivity (Wildman–Crippen MR) is 79.4 cm³/mol. The van der Waals surface area contributed by atoms with E-state index in [-0.39, 0.29) is 0 Å². The zero-order valence-electron chi connectivity index (χ0n) is 10.7. The lowest BCUT2D eigenvalue weighted by Gasteiger charge is -2.25. The van der Waals surface area contributed by atoms with Crippen molar-refractivity contribution >= 4 is 34.5 Å². The quantitative estimate of drug-likeness (QED) is 0.697. The molecular weight excluding hydrogens is 273 g/mol. The first-order valence-electron chi connectivity index (χ1n) is 6.28. The summed E-state index contributed by atoms with van der Waals surface area (Å²) in [5.41, 5.74) is 1.16. The van der Waals surface area contributed by atoms with E-state index in [0.29, 0.717) is 12.0 Å². The van der Waals surface area contributed by atoms with Crippen molar-refractivity contribution in [2.45, 2.75) is 46.1 Å². The first-order chi connectivity index (χ1) is 8.10. The Bertz CT molecular complexity index is 338. The molecule has 17 heavy (non-hydrogen) atoms. The van der Waals surface area contributed by atoms with Crippen molar-refractivity contribution in [1.29, 1.82) is 0 Å². The molecule has 0 bridgehead atoms. The van der Waals surface area contributed by atoms with Gasteiger partial charge in [-0.15, -0.1) is 11.3 Å². The third kappa shape index (κ3) is 4.44. The molecule has 1 heterocycles. The SMILES string of the molecule is CCCNC(c1cc(Cl)sc1Cl)C(C)CCC. The maximum absolute atomic E-state index is 6.26. The highest BCUT2D eigenvalue weighted by atomic mass is 35.5. The van der Waals surface area contributed by atoms with Gasteiger partial charge in [0.25, 0.3) is 0 Å². The lowest BCUT2D eigenvalue weighted by Crippen LogP contribution is -2.27. The molecule has 0 radical (unpaired) electrons. The Labute approximate surface area is 119 Å². The summed E-state index contributed by atoms with van der Waals surface area (Å²) in [4.78, 5) is 0. The number of halogens is 2. The molecule has 1 N–H and O–H groups in total. The smallest absolute Gasteiger partial charge is 0.0992 e. The summed E-state index contributed by atoms with van der Waals surface area (Å²) in [6.07, 6.45) is 3.52. The second-order valence-corrected chi connectivity index (χ2v) is 6.76. The average molecular weight is 294 g/mol. The summed E-state index contributed by atoms with van der Waals surface area (Å²) in [5, 5.41) is 3.59. The maximum Gasteiger partial charge on any atom is 0.0992 e. The van der Waals surface area contributed by atoms with Crippen LogP contribution in [0.2, 0.25) is 8.67 Å². The van der Waals surface area contributed by atoms with Gasteiger partial charge in [-0.05, 0) is 31.4 Å². The van der Waals surface area contributed by atoms with Crippen molar-refractivity contribution in [2.75, 3.05) is 6.54 Å². The Hall–Kier alpha value is 0.240. The molecule has 0 aromatic carbocycles. The van der Waals surface area contributed by atoms with E-state index in [9.17, 15) is 0 Å². The second-order valence-electron chi connectivity index (χ2n) is 4.48. The first kappa shape index (κ1) is 15.3. The van der Waals surface area contributed by atoms with Crippen LogP contribution < -0.4 is 5.32 Å². The molecular formula is C13H21Cl2NS. The van der Waals surface area contributed by atoms with E-state index in [1.807, 2.05) is 6.07 Å². The van der Waals surface area contributed by atoms with Crippen LogP contribution >= 0.6 is 34.5 Å².